The number of hydrogen-bond acceptors (Lipinski definition) is 10. The molecule has 0 spiro atoms. The van der Waals surface area contributed by atoms with Crippen LogP contribution in [0.1, 0.15) is 62.5 Å². The van der Waals surface area contributed by atoms with Crippen LogP contribution in [0.2, 0.25) is 0 Å². The average molecular weight is 617 g/mol. The van der Waals surface area contributed by atoms with Crippen molar-refractivity contribution in [2.24, 2.45) is 34.5 Å². The van der Waals surface area contributed by atoms with Gasteiger partial charge in [-0.2, -0.15) is 0 Å². The number of aromatic hydroxyl groups is 1. The normalized spacial score (nSPS) is 30.8. The van der Waals surface area contributed by atoms with E-state index >= 15 is 0 Å². The zero-order chi connectivity index (χ0) is 33.4. The van der Waals surface area contributed by atoms with Gasteiger partial charge in [0, 0.05) is 17.8 Å². The van der Waals surface area contributed by atoms with E-state index in [9.17, 15) is 43.8 Å². The molecule has 10 nitrogen and oxygen atoms in total. The highest BCUT2D eigenvalue weighted by molar-refractivity contribution is 6.34. The van der Waals surface area contributed by atoms with Gasteiger partial charge in [0.2, 0.25) is 5.78 Å². The first kappa shape index (κ1) is 32.1. The number of benzene rings is 2. The van der Waals surface area contributed by atoms with Gasteiger partial charge in [-0.25, -0.2) is 4.79 Å². The van der Waals surface area contributed by atoms with E-state index < -0.39 is 80.8 Å². The lowest BCUT2D eigenvalue weighted by atomic mass is 9.40. The van der Waals surface area contributed by atoms with E-state index in [1.165, 1.54) is 13.0 Å². The molecule has 2 aromatic rings. The molecule has 45 heavy (non-hydrogen) atoms. The summed E-state index contributed by atoms with van der Waals surface area (Å²) in [5, 5.41) is 23.0. The van der Waals surface area contributed by atoms with E-state index in [1.807, 2.05) is 0 Å². The van der Waals surface area contributed by atoms with E-state index in [0.29, 0.717) is 22.3 Å². The van der Waals surface area contributed by atoms with E-state index in [0.717, 1.165) is 14.0 Å². The van der Waals surface area contributed by atoms with Gasteiger partial charge in [0.25, 0.3) is 0 Å². The fraction of sp³-hybridized carbons (Fsp3) is 0.457. The zero-order valence-electron chi connectivity index (χ0n) is 26.1. The summed E-state index contributed by atoms with van der Waals surface area (Å²) in [6.07, 6.45) is -0.111. The molecule has 236 valence electrons. The quantitative estimate of drug-likeness (QED) is 0.279. The first-order chi connectivity index (χ1) is 20.9. The van der Waals surface area contributed by atoms with Gasteiger partial charge in [-0.05, 0) is 59.4 Å². The fourth-order valence-electron chi connectivity index (χ4n) is 8.58. The summed E-state index contributed by atoms with van der Waals surface area (Å²) in [4.78, 5) is 92.2. The third kappa shape index (κ3) is 4.44. The Bertz CT molecular complexity index is 1700. The number of methoxy groups -OCH3 is 1. The fourth-order valence-corrected chi connectivity index (χ4v) is 8.58. The number of Topliss-reactive ketones (excluding diaryl/α,β-unsaturated/α-hetero) is 6. The Hall–Kier alpha value is -4.31. The van der Waals surface area contributed by atoms with Crippen LogP contribution < -0.4 is 0 Å². The van der Waals surface area contributed by atoms with Crippen LogP contribution in [0, 0.1) is 34.5 Å². The van der Waals surface area contributed by atoms with Crippen molar-refractivity contribution in [3.05, 3.63) is 53.1 Å². The first-order valence-corrected chi connectivity index (χ1v) is 14.9. The van der Waals surface area contributed by atoms with Gasteiger partial charge in [-0.1, -0.05) is 58.0 Å². The summed E-state index contributed by atoms with van der Waals surface area (Å²) >= 11 is 0. The van der Waals surface area contributed by atoms with Crippen molar-refractivity contribution in [1.29, 1.82) is 0 Å². The van der Waals surface area contributed by atoms with Gasteiger partial charge < -0.3 is 14.9 Å². The lowest BCUT2D eigenvalue weighted by Gasteiger charge is -2.61. The van der Waals surface area contributed by atoms with Gasteiger partial charge in [-0.15, -0.1) is 0 Å². The minimum Gasteiger partial charge on any atom is -0.507 e. The molecule has 2 N–H and O–H groups in total. The molecule has 2 saturated carbocycles. The smallest absolute Gasteiger partial charge is 0.374 e. The molecule has 3 unspecified atom stereocenters. The Morgan fingerprint density at radius 3 is 2.16 bits per heavy atom. The Kier molecular flexibility index (Phi) is 7.60. The summed E-state index contributed by atoms with van der Waals surface area (Å²) in [5.74, 6) is -11.2. The topological polar surface area (TPSA) is 169 Å². The lowest BCUT2D eigenvalue weighted by molar-refractivity contribution is -0.205. The molecule has 0 amide bonds. The summed E-state index contributed by atoms with van der Waals surface area (Å²) in [6, 6.07) is 9.73. The molecule has 0 radical (unpaired) electrons. The van der Waals surface area contributed by atoms with Crippen LogP contribution in [-0.2, 0) is 46.3 Å². The monoisotopic (exact) mass is 616 g/mol. The second-order valence-electron chi connectivity index (χ2n) is 13.6. The lowest BCUT2D eigenvalue weighted by Crippen LogP contribution is -2.76. The standard InChI is InChI=1S/C35H36O10/c1-16(2)26-28(39)24(17(3)36)30(41)35(44)31(42)27-29(40)25-21(14-33(27,4)15-34(26,35)5)20(11-12-22(25)37)19-9-7-18(8-10-19)13-23(38)32(43)45-6/h7-12,16,24,26-27,37,44H,13-15H2,1-6H3/t24?,26?,27?,33-,34-,35+/m1/s1. The van der Waals surface area contributed by atoms with Crippen molar-refractivity contribution in [2.45, 2.75) is 59.5 Å². The summed E-state index contributed by atoms with van der Waals surface area (Å²) in [7, 11) is 1.13. The van der Waals surface area contributed by atoms with Gasteiger partial charge in [0.1, 0.15) is 17.5 Å². The molecule has 5 rings (SSSR count). The number of hydrogen-bond donors (Lipinski definition) is 2. The first-order valence-electron chi connectivity index (χ1n) is 14.9. The van der Waals surface area contributed by atoms with Gasteiger partial charge >= 0.3 is 5.97 Å². The molecule has 0 aromatic heterocycles. The second-order valence-corrected chi connectivity index (χ2v) is 13.6. The predicted molar refractivity (Wildman–Crippen MR) is 159 cm³/mol. The van der Waals surface area contributed by atoms with Crippen LogP contribution in [0.3, 0.4) is 0 Å². The van der Waals surface area contributed by atoms with Crippen LogP contribution in [0.5, 0.6) is 5.75 Å². The molecule has 6 atom stereocenters. The molecule has 0 bridgehead atoms. The third-order valence-electron chi connectivity index (χ3n) is 10.3. The van der Waals surface area contributed by atoms with Gasteiger partial charge in [0.15, 0.2) is 28.7 Å². The highest BCUT2D eigenvalue weighted by Crippen LogP contribution is 2.64. The van der Waals surface area contributed by atoms with Crippen molar-refractivity contribution >= 4 is 40.7 Å². The molecule has 0 saturated heterocycles. The number of phenolic OH excluding ortho intramolecular Hbond substituents is 1. The highest BCUT2D eigenvalue weighted by Gasteiger charge is 2.76. The summed E-state index contributed by atoms with van der Waals surface area (Å²) < 4.78 is 4.48. The summed E-state index contributed by atoms with van der Waals surface area (Å²) in [6.45, 7) is 7.80. The Labute approximate surface area is 260 Å². The van der Waals surface area contributed by atoms with Crippen LogP contribution in [0.25, 0.3) is 11.1 Å². The van der Waals surface area contributed by atoms with Crippen LogP contribution >= 0.6 is 0 Å². The number of esters is 1. The number of ether oxygens (including phenoxy) is 1. The van der Waals surface area contributed by atoms with Crippen molar-refractivity contribution in [2.75, 3.05) is 7.11 Å². The largest absolute Gasteiger partial charge is 0.507 e. The highest BCUT2D eigenvalue weighted by atomic mass is 16.5. The van der Waals surface area contributed by atoms with Gasteiger partial charge in [0.05, 0.1) is 18.6 Å². The number of aliphatic hydroxyl groups is 1. The van der Waals surface area contributed by atoms with Gasteiger partial charge in [-0.3, -0.25) is 28.8 Å². The Morgan fingerprint density at radius 2 is 1.60 bits per heavy atom. The molecule has 10 heteroatoms. The van der Waals surface area contributed by atoms with Crippen LogP contribution in [-0.4, -0.2) is 63.6 Å². The molecule has 0 aliphatic heterocycles. The van der Waals surface area contributed by atoms with E-state index in [4.69, 9.17) is 0 Å². The molecular formula is C35H36O10. The minimum absolute atomic E-state index is 0.0489. The maximum absolute atomic E-state index is 14.4. The van der Waals surface area contributed by atoms with E-state index in [-0.39, 0.29) is 30.6 Å². The Balaban J connectivity index is 1.63. The molecule has 3 aliphatic carbocycles. The van der Waals surface area contributed by atoms with E-state index in [1.54, 1.807) is 51.1 Å². The maximum Gasteiger partial charge on any atom is 0.374 e. The van der Waals surface area contributed by atoms with Crippen LogP contribution in [0.4, 0.5) is 0 Å². The number of rotatable bonds is 6. The number of fused-ring (bicyclic) bond motifs is 3. The molecule has 3 aliphatic rings. The summed E-state index contributed by atoms with van der Waals surface area (Å²) in [5.41, 5.74) is -3.35. The average Bonchev–Trinajstić information content (AvgIpc) is 2.94. The van der Waals surface area contributed by atoms with Crippen LogP contribution in [0.15, 0.2) is 36.4 Å². The second kappa shape index (κ2) is 10.7. The molecule has 2 aromatic carbocycles. The Morgan fingerprint density at radius 1 is 0.978 bits per heavy atom. The zero-order valence-corrected chi connectivity index (χ0v) is 26.1. The number of phenols is 1. The molecule has 0 heterocycles. The number of ketones is 6. The SMILES string of the molecule is COC(=O)C(=O)Cc1ccc(-c2ccc(O)c3c2C[C@]2(C)C[C@]4(C)C(C(C)C)C(=O)C(C(C)=O)C(=O)[C@]4(O)C(=O)C2C3=O)cc1. The molecular weight excluding hydrogens is 580 g/mol. The van der Waals surface area contributed by atoms with Crippen molar-refractivity contribution in [3.63, 3.8) is 0 Å². The molecule has 2 fully saturated rings. The maximum atomic E-state index is 14.4. The predicted octanol–water partition coefficient (Wildman–Crippen LogP) is 3.04. The van der Waals surface area contributed by atoms with Crippen molar-refractivity contribution in [3.8, 4) is 16.9 Å². The van der Waals surface area contributed by atoms with Crippen molar-refractivity contribution in [1.82, 2.24) is 0 Å². The van der Waals surface area contributed by atoms with Crippen molar-refractivity contribution < 1.29 is 48.5 Å². The third-order valence-corrected chi connectivity index (χ3v) is 10.3. The minimum atomic E-state index is -2.76. The number of carbonyl (C=O) groups excluding carboxylic acids is 7. The van der Waals surface area contributed by atoms with E-state index in [2.05, 4.69) is 4.74 Å². The number of carbonyl (C=O) groups is 7.